The van der Waals surface area contributed by atoms with Gasteiger partial charge in [-0.25, -0.2) is 0 Å². The molecule has 0 amide bonds. The Bertz CT molecular complexity index is 564. The van der Waals surface area contributed by atoms with Crippen molar-refractivity contribution in [2.45, 2.75) is 152 Å². The molecule has 1 aromatic heterocycles. The van der Waals surface area contributed by atoms with Crippen molar-refractivity contribution in [2.75, 3.05) is 0 Å². The summed E-state index contributed by atoms with van der Waals surface area (Å²) in [5, 5.41) is 0. The Hall–Kier alpha value is -0.300. The largest absolute Gasteiger partial charge is 0.144 e. The molecule has 1 heteroatoms. The summed E-state index contributed by atoms with van der Waals surface area (Å²) in [6, 6.07) is 0. The minimum absolute atomic E-state index is 0.244. The second-order valence-corrected chi connectivity index (χ2v) is 12.1. The van der Waals surface area contributed by atoms with Crippen LogP contribution < -0.4 is 0 Å². The Kier molecular flexibility index (Phi) is 13.8. The number of thiophene rings is 1. The summed E-state index contributed by atoms with van der Waals surface area (Å²) >= 11 is 2.15. The molecule has 0 aliphatic heterocycles. The Morgan fingerprint density at radius 1 is 0.633 bits per heavy atom. The summed E-state index contributed by atoms with van der Waals surface area (Å²) in [5.41, 5.74) is 3.99. The maximum atomic E-state index is 2.43. The lowest BCUT2D eigenvalue weighted by molar-refractivity contribution is 0.433. The van der Waals surface area contributed by atoms with Crippen LogP contribution in [0.25, 0.3) is 0 Å². The van der Waals surface area contributed by atoms with E-state index in [2.05, 4.69) is 80.6 Å². The molecular formula is C29H56S. The first kappa shape index (κ1) is 29.7. The van der Waals surface area contributed by atoms with Gasteiger partial charge in [-0.2, -0.15) is 0 Å². The van der Waals surface area contributed by atoms with E-state index < -0.39 is 0 Å². The van der Waals surface area contributed by atoms with E-state index >= 15 is 0 Å². The van der Waals surface area contributed by atoms with Crippen molar-refractivity contribution >= 4 is 11.3 Å². The van der Waals surface area contributed by atoms with E-state index in [0.717, 1.165) is 11.8 Å². The van der Waals surface area contributed by atoms with Gasteiger partial charge in [0.25, 0.3) is 0 Å². The number of hydrogen-bond acceptors (Lipinski definition) is 1. The summed E-state index contributed by atoms with van der Waals surface area (Å²) < 4.78 is 0. The smallest absolute Gasteiger partial charge is 0.0137 e. The fraction of sp³-hybridized carbons (Fsp3) is 0.862. The van der Waals surface area contributed by atoms with Crippen LogP contribution in [0, 0.1) is 11.8 Å². The minimum Gasteiger partial charge on any atom is -0.144 e. The van der Waals surface area contributed by atoms with E-state index in [1.807, 2.05) is 13.8 Å². The van der Waals surface area contributed by atoms with Crippen LogP contribution in [0.15, 0.2) is 0 Å². The highest BCUT2D eigenvalue weighted by Crippen LogP contribution is 2.45. The van der Waals surface area contributed by atoms with Crippen molar-refractivity contribution < 1.29 is 0 Å². The summed E-state index contributed by atoms with van der Waals surface area (Å²) in [4.78, 5) is 3.35. The zero-order valence-corrected chi connectivity index (χ0v) is 23.7. The molecule has 0 bridgehead atoms. The van der Waals surface area contributed by atoms with Crippen molar-refractivity contribution in [1.82, 2.24) is 0 Å². The Morgan fingerprint density at radius 3 is 1.33 bits per heavy atom. The fourth-order valence-electron chi connectivity index (χ4n) is 4.52. The van der Waals surface area contributed by atoms with E-state index in [9.17, 15) is 0 Å². The Balaban J connectivity index is 0.00000407. The molecule has 1 aromatic rings. The van der Waals surface area contributed by atoms with Crippen molar-refractivity contribution in [3.05, 3.63) is 20.9 Å². The van der Waals surface area contributed by atoms with E-state index in [4.69, 9.17) is 0 Å². The maximum absolute atomic E-state index is 2.43. The number of hydrogen-bond donors (Lipinski definition) is 0. The van der Waals surface area contributed by atoms with Gasteiger partial charge in [0.1, 0.15) is 0 Å². The van der Waals surface area contributed by atoms with Crippen LogP contribution in [-0.2, 0) is 23.7 Å². The third-order valence-corrected chi connectivity index (χ3v) is 8.41. The number of rotatable bonds is 11. The first-order valence-electron chi connectivity index (χ1n) is 13.1. The Labute approximate surface area is 195 Å². The summed E-state index contributed by atoms with van der Waals surface area (Å²) in [6.45, 7) is 28.0. The molecule has 30 heavy (non-hydrogen) atoms. The molecule has 178 valence electrons. The molecule has 0 spiro atoms. The third kappa shape index (κ3) is 9.05. The predicted octanol–water partition coefficient (Wildman–Crippen LogP) is 10.5. The second kappa shape index (κ2) is 14.0. The van der Waals surface area contributed by atoms with Gasteiger partial charge >= 0.3 is 0 Å². The molecule has 2 unspecified atom stereocenters. The van der Waals surface area contributed by atoms with Crippen LogP contribution in [0.3, 0.4) is 0 Å². The predicted molar refractivity (Wildman–Crippen MR) is 142 cm³/mol. The summed E-state index contributed by atoms with van der Waals surface area (Å²) in [6.07, 6.45) is 12.0. The van der Waals surface area contributed by atoms with Crippen molar-refractivity contribution in [2.24, 2.45) is 11.8 Å². The van der Waals surface area contributed by atoms with Gasteiger partial charge < -0.3 is 0 Å². The van der Waals surface area contributed by atoms with E-state index in [1.165, 1.54) is 57.8 Å². The zero-order chi connectivity index (χ0) is 23.5. The lowest BCUT2D eigenvalue weighted by atomic mass is 9.79. The average molecular weight is 437 g/mol. The molecule has 0 aliphatic rings. The molecule has 0 radical (unpaired) electrons. The molecule has 1 rings (SSSR count). The molecular weight excluding hydrogens is 380 g/mol. The van der Waals surface area contributed by atoms with Gasteiger partial charge in [-0.15, -0.1) is 11.3 Å². The molecule has 0 aromatic carbocycles. The molecule has 0 saturated carbocycles. The first-order valence-corrected chi connectivity index (χ1v) is 14.0. The third-order valence-electron chi connectivity index (χ3n) is 6.28. The standard InChI is InChI=1S/C27H50S.C2H6/c1-11-15-17-21(14-4)19-23-22(18-20(13-3)16-12-2)24(26(5,6)7)28-25(23)27(8,9)10;1-2/h20-21H,11-19H2,1-10H3;1-2H3. The van der Waals surface area contributed by atoms with Gasteiger partial charge in [-0.05, 0) is 46.6 Å². The van der Waals surface area contributed by atoms with Crippen LogP contribution in [0.1, 0.15) is 149 Å². The highest BCUT2D eigenvalue weighted by atomic mass is 32.1. The maximum Gasteiger partial charge on any atom is 0.0137 e. The van der Waals surface area contributed by atoms with Crippen LogP contribution in [0.2, 0.25) is 0 Å². The molecule has 0 aliphatic carbocycles. The summed E-state index contributed by atoms with van der Waals surface area (Å²) in [7, 11) is 0. The van der Waals surface area contributed by atoms with E-state index in [0.29, 0.717) is 0 Å². The Morgan fingerprint density at radius 2 is 1.03 bits per heavy atom. The van der Waals surface area contributed by atoms with Gasteiger partial charge in [-0.1, -0.05) is 128 Å². The van der Waals surface area contributed by atoms with E-state index in [1.54, 1.807) is 20.9 Å². The van der Waals surface area contributed by atoms with Gasteiger partial charge in [0.05, 0.1) is 0 Å². The highest BCUT2D eigenvalue weighted by molar-refractivity contribution is 7.12. The SMILES string of the molecule is CC.CCCCC(CC)Cc1c(C(C)(C)C)sc(C(C)(C)C)c1CC(CC)CCC. The molecule has 0 nitrogen and oxygen atoms in total. The second-order valence-electron chi connectivity index (χ2n) is 11.1. The van der Waals surface area contributed by atoms with E-state index in [-0.39, 0.29) is 10.8 Å². The quantitative estimate of drug-likeness (QED) is 0.323. The molecule has 1 heterocycles. The van der Waals surface area contributed by atoms with Crippen LogP contribution in [-0.4, -0.2) is 0 Å². The zero-order valence-electron chi connectivity index (χ0n) is 22.9. The molecule has 0 fully saturated rings. The molecule has 0 saturated heterocycles. The average Bonchev–Trinajstić information content (AvgIpc) is 3.04. The van der Waals surface area contributed by atoms with Crippen LogP contribution >= 0.6 is 11.3 Å². The van der Waals surface area contributed by atoms with Crippen molar-refractivity contribution in [1.29, 1.82) is 0 Å². The van der Waals surface area contributed by atoms with Gasteiger partial charge in [-0.3, -0.25) is 0 Å². The highest BCUT2D eigenvalue weighted by Gasteiger charge is 2.32. The molecule has 2 atom stereocenters. The fourth-order valence-corrected chi connectivity index (χ4v) is 6.00. The van der Waals surface area contributed by atoms with Crippen LogP contribution in [0.5, 0.6) is 0 Å². The normalized spacial score (nSPS) is 14.3. The van der Waals surface area contributed by atoms with Crippen molar-refractivity contribution in [3.63, 3.8) is 0 Å². The minimum atomic E-state index is 0.244. The number of unbranched alkanes of at least 4 members (excludes halogenated alkanes) is 1. The van der Waals surface area contributed by atoms with Crippen LogP contribution in [0.4, 0.5) is 0 Å². The first-order chi connectivity index (χ1) is 14.0. The summed E-state index contributed by atoms with van der Waals surface area (Å²) in [5.74, 6) is 1.68. The van der Waals surface area contributed by atoms with Gasteiger partial charge in [0, 0.05) is 9.75 Å². The van der Waals surface area contributed by atoms with Gasteiger partial charge in [0.2, 0.25) is 0 Å². The monoisotopic (exact) mass is 436 g/mol. The topological polar surface area (TPSA) is 0 Å². The van der Waals surface area contributed by atoms with Gasteiger partial charge in [0.15, 0.2) is 0 Å². The lowest BCUT2D eigenvalue weighted by Crippen LogP contribution is -2.17. The lowest BCUT2D eigenvalue weighted by Gasteiger charge is -2.25. The molecule has 0 N–H and O–H groups in total. The van der Waals surface area contributed by atoms with Crippen molar-refractivity contribution in [3.8, 4) is 0 Å².